The van der Waals surface area contributed by atoms with Gasteiger partial charge in [-0.2, -0.15) is 0 Å². The van der Waals surface area contributed by atoms with E-state index >= 15 is 0 Å². The molecule has 1 aromatic heterocycles. The van der Waals surface area contributed by atoms with E-state index in [4.69, 9.17) is 0 Å². The zero-order chi connectivity index (χ0) is 9.14. The number of hydrogen-bond donors (Lipinski definition) is 0. The fourth-order valence-electron chi connectivity index (χ4n) is 1.01. The van der Waals surface area contributed by atoms with Crippen LogP contribution in [0.2, 0.25) is 0 Å². The summed E-state index contributed by atoms with van der Waals surface area (Å²) in [6.45, 7) is 0. The van der Waals surface area contributed by atoms with E-state index in [1.165, 1.54) is 7.11 Å². The number of ether oxygens (including phenoxy) is 1. The lowest BCUT2D eigenvalue weighted by Gasteiger charge is -2.02. The van der Waals surface area contributed by atoms with Crippen LogP contribution in [0.1, 0.15) is 10.5 Å². The summed E-state index contributed by atoms with van der Waals surface area (Å²) < 4.78 is 6.42. The third-order valence-corrected chi connectivity index (χ3v) is 2.51. The summed E-state index contributed by atoms with van der Waals surface area (Å²) in [5.74, 6) is -0.294. The first kappa shape index (κ1) is 9.19. The molecule has 1 aromatic rings. The van der Waals surface area contributed by atoms with Crippen molar-refractivity contribution in [2.24, 2.45) is 7.05 Å². The van der Waals surface area contributed by atoms with Crippen molar-refractivity contribution in [1.82, 2.24) is 4.57 Å². The maximum Gasteiger partial charge on any atom is 0.354 e. The highest BCUT2D eigenvalue weighted by Crippen LogP contribution is 2.17. The van der Waals surface area contributed by atoms with Gasteiger partial charge in [0.2, 0.25) is 0 Å². The summed E-state index contributed by atoms with van der Waals surface area (Å²) in [6.07, 6.45) is 1.97. The highest BCUT2D eigenvalue weighted by molar-refractivity contribution is 7.98. The lowest BCUT2D eigenvalue weighted by atomic mass is 10.4. The number of carbonyl (C=O) groups is 1. The Kier molecular flexibility index (Phi) is 2.81. The van der Waals surface area contributed by atoms with Crippen molar-refractivity contribution in [3.05, 3.63) is 17.8 Å². The number of hydrogen-bond acceptors (Lipinski definition) is 3. The molecule has 0 unspecified atom stereocenters. The fourth-order valence-corrected chi connectivity index (χ4v) is 1.58. The largest absolute Gasteiger partial charge is 0.464 e. The van der Waals surface area contributed by atoms with E-state index in [2.05, 4.69) is 4.74 Å². The van der Waals surface area contributed by atoms with Crippen molar-refractivity contribution in [3.63, 3.8) is 0 Å². The van der Waals surface area contributed by atoms with Gasteiger partial charge >= 0.3 is 5.97 Å². The lowest BCUT2D eigenvalue weighted by molar-refractivity contribution is 0.0589. The topological polar surface area (TPSA) is 31.2 Å². The monoisotopic (exact) mass is 185 g/mol. The molecule has 12 heavy (non-hydrogen) atoms. The van der Waals surface area contributed by atoms with E-state index in [0.717, 1.165) is 5.03 Å². The Morgan fingerprint density at radius 2 is 2.25 bits per heavy atom. The van der Waals surface area contributed by atoms with Gasteiger partial charge in [-0.25, -0.2) is 4.79 Å². The second kappa shape index (κ2) is 3.67. The van der Waals surface area contributed by atoms with Crippen LogP contribution in [0.4, 0.5) is 0 Å². The van der Waals surface area contributed by atoms with Crippen molar-refractivity contribution in [1.29, 1.82) is 0 Å². The highest BCUT2D eigenvalue weighted by atomic mass is 32.2. The third kappa shape index (κ3) is 1.48. The van der Waals surface area contributed by atoms with E-state index < -0.39 is 0 Å². The van der Waals surface area contributed by atoms with Crippen LogP contribution in [0.3, 0.4) is 0 Å². The molecule has 0 N–H and O–H groups in total. The van der Waals surface area contributed by atoms with Crippen LogP contribution >= 0.6 is 11.8 Å². The molecule has 0 saturated carbocycles. The molecule has 0 aliphatic carbocycles. The van der Waals surface area contributed by atoms with Gasteiger partial charge in [-0.05, 0) is 18.4 Å². The van der Waals surface area contributed by atoms with E-state index in [1.54, 1.807) is 17.8 Å². The Morgan fingerprint density at radius 3 is 2.67 bits per heavy atom. The minimum Gasteiger partial charge on any atom is -0.464 e. The van der Waals surface area contributed by atoms with Crippen molar-refractivity contribution in [2.45, 2.75) is 5.03 Å². The van der Waals surface area contributed by atoms with Gasteiger partial charge in [0.1, 0.15) is 5.69 Å². The predicted molar refractivity (Wildman–Crippen MR) is 48.5 cm³/mol. The molecule has 0 bridgehead atoms. The first-order valence-corrected chi connectivity index (χ1v) is 4.71. The Balaban J connectivity index is 3.02. The lowest BCUT2D eigenvalue weighted by Crippen LogP contribution is -2.07. The molecule has 0 saturated heterocycles. The molecule has 66 valence electrons. The zero-order valence-electron chi connectivity index (χ0n) is 7.33. The average molecular weight is 185 g/mol. The average Bonchev–Trinajstić information content (AvgIpc) is 2.45. The van der Waals surface area contributed by atoms with Crippen LogP contribution in [0.25, 0.3) is 0 Å². The van der Waals surface area contributed by atoms with E-state index in [1.807, 2.05) is 23.9 Å². The Hall–Kier alpha value is -0.900. The smallest absolute Gasteiger partial charge is 0.354 e. The molecule has 3 nitrogen and oxygen atoms in total. The summed E-state index contributed by atoms with van der Waals surface area (Å²) in [5, 5.41) is 1.05. The van der Waals surface area contributed by atoms with Crippen molar-refractivity contribution >= 4 is 17.7 Å². The summed E-state index contributed by atoms with van der Waals surface area (Å²) in [4.78, 5) is 11.1. The van der Waals surface area contributed by atoms with Crippen molar-refractivity contribution in [2.75, 3.05) is 13.4 Å². The highest BCUT2D eigenvalue weighted by Gasteiger charge is 2.11. The molecule has 4 heteroatoms. The summed E-state index contributed by atoms with van der Waals surface area (Å²) in [5.41, 5.74) is 0.585. The number of rotatable bonds is 2. The van der Waals surface area contributed by atoms with Gasteiger partial charge in [-0.15, -0.1) is 11.8 Å². The molecule has 0 radical (unpaired) electrons. The van der Waals surface area contributed by atoms with Gasteiger partial charge < -0.3 is 9.30 Å². The first-order valence-electron chi connectivity index (χ1n) is 3.48. The molecule has 0 aromatic carbocycles. The second-order valence-electron chi connectivity index (χ2n) is 2.31. The Bertz CT molecular complexity index is 293. The van der Waals surface area contributed by atoms with Gasteiger partial charge in [0.15, 0.2) is 0 Å². The molecule has 0 spiro atoms. The summed E-state index contributed by atoms with van der Waals surface area (Å²) in [6, 6.07) is 3.66. The van der Waals surface area contributed by atoms with Gasteiger partial charge in [-0.1, -0.05) is 0 Å². The fraction of sp³-hybridized carbons (Fsp3) is 0.375. The van der Waals surface area contributed by atoms with Crippen LogP contribution in [-0.4, -0.2) is 23.9 Å². The first-order chi connectivity index (χ1) is 5.70. The van der Waals surface area contributed by atoms with Gasteiger partial charge in [0.25, 0.3) is 0 Å². The van der Waals surface area contributed by atoms with Gasteiger partial charge in [-0.3, -0.25) is 0 Å². The molecule has 1 heterocycles. The molecule has 0 aliphatic heterocycles. The number of carbonyl (C=O) groups excluding carboxylic acids is 1. The minimum atomic E-state index is -0.294. The SMILES string of the molecule is COC(=O)c1ccc(SC)n1C. The van der Waals surface area contributed by atoms with Crippen molar-refractivity contribution < 1.29 is 9.53 Å². The van der Waals surface area contributed by atoms with E-state index in [-0.39, 0.29) is 5.97 Å². The maximum absolute atomic E-state index is 11.1. The standard InChI is InChI=1S/C8H11NO2S/c1-9-6(8(10)11-2)4-5-7(9)12-3/h4-5H,1-3H3. The summed E-state index contributed by atoms with van der Waals surface area (Å²) in [7, 11) is 3.23. The second-order valence-corrected chi connectivity index (χ2v) is 3.14. The van der Waals surface area contributed by atoms with Crippen LogP contribution in [0.15, 0.2) is 17.2 Å². The molecule has 0 fully saturated rings. The number of esters is 1. The van der Waals surface area contributed by atoms with Crippen molar-refractivity contribution in [3.8, 4) is 0 Å². The van der Waals surface area contributed by atoms with E-state index in [0.29, 0.717) is 5.69 Å². The molecular formula is C8H11NO2S. The summed E-state index contributed by atoms with van der Waals surface area (Å²) >= 11 is 1.60. The Morgan fingerprint density at radius 1 is 1.58 bits per heavy atom. The number of nitrogens with zero attached hydrogens (tertiary/aromatic N) is 1. The van der Waals surface area contributed by atoms with Crippen LogP contribution in [0.5, 0.6) is 0 Å². The van der Waals surface area contributed by atoms with Gasteiger partial charge in [0.05, 0.1) is 12.1 Å². The molecule has 0 amide bonds. The van der Waals surface area contributed by atoms with Crippen LogP contribution in [0, 0.1) is 0 Å². The zero-order valence-corrected chi connectivity index (χ0v) is 8.14. The quantitative estimate of drug-likeness (QED) is 0.517. The molecule has 0 atom stereocenters. The Labute approximate surface area is 75.7 Å². The van der Waals surface area contributed by atoms with E-state index in [9.17, 15) is 4.79 Å². The van der Waals surface area contributed by atoms with Crippen LogP contribution < -0.4 is 0 Å². The number of methoxy groups -OCH3 is 1. The third-order valence-electron chi connectivity index (χ3n) is 1.68. The predicted octanol–water partition coefficient (Wildman–Crippen LogP) is 1.53. The molecule has 0 aliphatic rings. The minimum absolute atomic E-state index is 0.294. The van der Waals surface area contributed by atoms with Crippen LogP contribution in [-0.2, 0) is 11.8 Å². The number of thioether (sulfide) groups is 1. The normalized spacial score (nSPS) is 9.92. The maximum atomic E-state index is 11.1. The number of aromatic nitrogens is 1. The van der Waals surface area contributed by atoms with Gasteiger partial charge in [0, 0.05) is 7.05 Å². The molecular weight excluding hydrogens is 174 g/mol. The molecule has 1 rings (SSSR count).